The van der Waals surface area contributed by atoms with Crippen molar-refractivity contribution < 1.29 is 9.84 Å². The molecule has 0 atom stereocenters. The molecule has 118 valence electrons. The summed E-state index contributed by atoms with van der Waals surface area (Å²) in [6.07, 6.45) is 0. The van der Waals surface area contributed by atoms with Crippen LogP contribution in [-0.2, 0) is 6.54 Å². The number of nitrogens with zero attached hydrogens (tertiary/aromatic N) is 2. The minimum Gasteiger partial charge on any atom is -0.497 e. The molecule has 1 aromatic heterocycles. The third-order valence-corrected chi connectivity index (χ3v) is 4.35. The van der Waals surface area contributed by atoms with Crippen LogP contribution in [0.2, 0.25) is 0 Å². The summed E-state index contributed by atoms with van der Waals surface area (Å²) in [5.74, 6) is 0.826. The van der Waals surface area contributed by atoms with E-state index in [9.17, 15) is 5.11 Å². The van der Waals surface area contributed by atoms with Gasteiger partial charge in [0.2, 0.25) is 0 Å². The number of aliphatic hydroxyl groups is 1. The van der Waals surface area contributed by atoms with Gasteiger partial charge < -0.3 is 14.4 Å². The molecule has 23 heavy (non-hydrogen) atoms. The molecular weight excluding hydrogens is 308 g/mol. The Morgan fingerprint density at radius 1 is 1.09 bits per heavy atom. The highest BCUT2D eigenvalue weighted by molar-refractivity contribution is 7.07. The molecule has 1 N–H and O–H groups in total. The second-order valence-electron chi connectivity index (χ2n) is 4.95. The smallest absolute Gasteiger partial charge is 0.190 e. The van der Waals surface area contributed by atoms with E-state index >= 15 is 0 Å². The normalized spacial score (nSPS) is 11.7. The van der Waals surface area contributed by atoms with Crippen molar-refractivity contribution in [2.45, 2.75) is 6.54 Å². The van der Waals surface area contributed by atoms with Crippen molar-refractivity contribution >= 4 is 17.0 Å². The molecule has 5 heteroatoms. The summed E-state index contributed by atoms with van der Waals surface area (Å²) in [5.41, 5.74) is 3.02. The van der Waals surface area contributed by atoms with E-state index in [-0.39, 0.29) is 6.61 Å². The number of hydrogen-bond donors (Lipinski definition) is 1. The van der Waals surface area contributed by atoms with E-state index in [1.165, 1.54) is 0 Å². The van der Waals surface area contributed by atoms with Crippen LogP contribution in [0.5, 0.6) is 5.75 Å². The minimum atomic E-state index is 0.0713. The molecule has 0 aliphatic heterocycles. The Balaban J connectivity index is 2.06. The third kappa shape index (κ3) is 3.52. The van der Waals surface area contributed by atoms with Crippen molar-refractivity contribution in [3.63, 3.8) is 0 Å². The van der Waals surface area contributed by atoms with Crippen LogP contribution in [0, 0.1) is 0 Å². The SMILES string of the molecule is COc1ccc(-c2csc(=Nc3ccccc3)n2CCO)cc1. The molecule has 0 saturated carbocycles. The third-order valence-electron chi connectivity index (χ3n) is 3.49. The Bertz CT molecular complexity index is 820. The number of thiazole rings is 1. The molecule has 3 rings (SSSR count). The second-order valence-corrected chi connectivity index (χ2v) is 5.79. The molecule has 0 amide bonds. The summed E-state index contributed by atoms with van der Waals surface area (Å²) in [6.45, 7) is 0.582. The monoisotopic (exact) mass is 326 g/mol. The van der Waals surface area contributed by atoms with Crippen molar-refractivity contribution in [1.29, 1.82) is 0 Å². The molecule has 2 aromatic carbocycles. The number of aromatic nitrogens is 1. The number of aliphatic hydroxyl groups excluding tert-OH is 1. The van der Waals surface area contributed by atoms with Gasteiger partial charge in [-0.3, -0.25) is 0 Å². The molecule has 3 aromatic rings. The van der Waals surface area contributed by atoms with Crippen LogP contribution < -0.4 is 9.54 Å². The topological polar surface area (TPSA) is 46.8 Å². The van der Waals surface area contributed by atoms with Gasteiger partial charge in [0.15, 0.2) is 4.80 Å². The van der Waals surface area contributed by atoms with Crippen LogP contribution in [0.15, 0.2) is 65.0 Å². The molecule has 0 spiro atoms. The predicted octanol–water partition coefficient (Wildman–Crippen LogP) is 3.45. The highest BCUT2D eigenvalue weighted by Crippen LogP contribution is 2.23. The molecule has 0 bridgehead atoms. The number of ether oxygens (including phenoxy) is 1. The first kappa shape index (κ1) is 15.5. The van der Waals surface area contributed by atoms with Crippen molar-refractivity contribution in [2.75, 3.05) is 13.7 Å². The Morgan fingerprint density at radius 3 is 2.48 bits per heavy atom. The highest BCUT2D eigenvalue weighted by atomic mass is 32.1. The van der Waals surface area contributed by atoms with Gasteiger partial charge >= 0.3 is 0 Å². The van der Waals surface area contributed by atoms with Crippen molar-refractivity contribution in [2.24, 2.45) is 4.99 Å². The van der Waals surface area contributed by atoms with E-state index in [2.05, 4.69) is 10.4 Å². The molecular formula is C18H18N2O2S. The predicted molar refractivity (Wildman–Crippen MR) is 93.0 cm³/mol. The van der Waals surface area contributed by atoms with Crippen LogP contribution in [0.3, 0.4) is 0 Å². The summed E-state index contributed by atoms with van der Waals surface area (Å²) in [4.78, 5) is 5.56. The maximum atomic E-state index is 9.40. The largest absolute Gasteiger partial charge is 0.497 e. The van der Waals surface area contributed by atoms with Gasteiger partial charge in [0.05, 0.1) is 25.1 Å². The van der Waals surface area contributed by atoms with Crippen LogP contribution in [0.4, 0.5) is 5.69 Å². The summed E-state index contributed by atoms with van der Waals surface area (Å²) >= 11 is 1.57. The van der Waals surface area contributed by atoms with Gasteiger partial charge in [-0.1, -0.05) is 18.2 Å². The van der Waals surface area contributed by atoms with Crippen LogP contribution in [0.1, 0.15) is 0 Å². The van der Waals surface area contributed by atoms with Crippen LogP contribution >= 0.6 is 11.3 Å². The average molecular weight is 326 g/mol. The number of hydrogen-bond acceptors (Lipinski definition) is 4. The van der Waals surface area contributed by atoms with E-state index in [0.717, 1.165) is 27.5 Å². The van der Waals surface area contributed by atoms with Crippen molar-refractivity contribution in [3.8, 4) is 17.0 Å². The lowest BCUT2D eigenvalue weighted by Crippen LogP contribution is -2.17. The van der Waals surface area contributed by atoms with Gasteiger partial charge in [-0.2, -0.15) is 0 Å². The first-order valence-electron chi connectivity index (χ1n) is 7.35. The van der Waals surface area contributed by atoms with Crippen molar-refractivity contribution in [1.82, 2.24) is 4.57 Å². The molecule has 0 unspecified atom stereocenters. The lowest BCUT2D eigenvalue weighted by atomic mass is 10.1. The fourth-order valence-corrected chi connectivity index (χ4v) is 3.30. The molecule has 0 aliphatic carbocycles. The summed E-state index contributed by atoms with van der Waals surface area (Å²) in [5, 5.41) is 11.5. The van der Waals surface area contributed by atoms with Gasteiger partial charge in [-0.05, 0) is 42.0 Å². The number of para-hydroxylation sites is 1. The van der Waals surface area contributed by atoms with Gasteiger partial charge in [-0.15, -0.1) is 11.3 Å². The van der Waals surface area contributed by atoms with E-state index in [1.54, 1.807) is 18.4 Å². The second kappa shape index (κ2) is 7.26. The van der Waals surface area contributed by atoms with Crippen LogP contribution in [0.25, 0.3) is 11.3 Å². The van der Waals surface area contributed by atoms with E-state index in [1.807, 2.05) is 59.2 Å². The highest BCUT2D eigenvalue weighted by Gasteiger charge is 2.08. The Morgan fingerprint density at radius 2 is 1.83 bits per heavy atom. The molecule has 0 saturated heterocycles. The fourth-order valence-electron chi connectivity index (χ4n) is 2.34. The summed E-state index contributed by atoms with van der Waals surface area (Å²) in [7, 11) is 1.66. The molecule has 4 nitrogen and oxygen atoms in total. The molecule has 1 heterocycles. The number of benzene rings is 2. The molecule has 0 radical (unpaired) electrons. The van der Waals surface area contributed by atoms with E-state index in [4.69, 9.17) is 4.74 Å². The van der Waals surface area contributed by atoms with Gasteiger partial charge in [-0.25, -0.2) is 4.99 Å². The number of rotatable bonds is 5. The zero-order valence-electron chi connectivity index (χ0n) is 12.8. The zero-order chi connectivity index (χ0) is 16.1. The van der Waals surface area contributed by atoms with Gasteiger partial charge in [0, 0.05) is 11.9 Å². The fraction of sp³-hybridized carbons (Fsp3) is 0.167. The maximum Gasteiger partial charge on any atom is 0.190 e. The standard InChI is InChI=1S/C18H18N2O2S/c1-22-16-9-7-14(8-10-16)17-13-23-18(20(17)11-12-21)19-15-5-3-2-4-6-15/h2-10,13,21H,11-12H2,1H3. The average Bonchev–Trinajstić information content (AvgIpc) is 2.99. The minimum absolute atomic E-state index is 0.0713. The van der Waals surface area contributed by atoms with Gasteiger partial charge in [0.25, 0.3) is 0 Å². The Kier molecular flexibility index (Phi) is 4.90. The summed E-state index contributed by atoms with van der Waals surface area (Å²) < 4.78 is 7.25. The van der Waals surface area contributed by atoms with Crippen molar-refractivity contribution in [3.05, 3.63) is 64.8 Å². The Labute approximate surface area is 139 Å². The number of methoxy groups -OCH3 is 1. The Hall–Kier alpha value is -2.37. The van der Waals surface area contributed by atoms with E-state index < -0.39 is 0 Å². The summed E-state index contributed by atoms with van der Waals surface area (Å²) in [6, 6.07) is 17.7. The lowest BCUT2D eigenvalue weighted by Gasteiger charge is -2.08. The van der Waals surface area contributed by atoms with E-state index in [0.29, 0.717) is 6.54 Å². The zero-order valence-corrected chi connectivity index (χ0v) is 13.7. The molecule has 0 aliphatic rings. The quantitative estimate of drug-likeness (QED) is 0.780. The molecule has 0 fully saturated rings. The lowest BCUT2D eigenvalue weighted by molar-refractivity contribution is 0.275. The van der Waals surface area contributed by atoms with Gasteiger partial charge in [0.1, 0.15) is 5.75 Å². The maximum absolute atomic E-state index is 9.40. The van der Waals surface area contributed by atoms with Crippen LogP contribution in [-0.4, -0.2) is 23.4 Å². The first-order chi connectivity index (χ1) is 11.3. The first-order valence-corrected chi connectivity index (χ1v) is 8.23.